The first kappa shape index (κ1) is 14.3. The molecule has 0 bridgehead atoms. The predicted molar refractivity (Wildman–Crippen MR) is 77.1 cm³/mol. The lowest BCUT2D eigenvalue weighted by atomic mass is 10.1. The lowest BCUT2D eigenvalue weighted by molar-refractivity contribution is 0.0695. The van der Waals surface area contributed by atoms with Crippen LogP contribution in [0.5, 0.6) is 11.5 Å². The molecule has 2 rings (SSSR count). The number of carboxylic acid groups (broad SMARTS) is 1. The fourth-order valence-electron chi connectivity index (χ4n) is 1.70. The minimum atomic E-state index is -1.05. The maximum atomic E-state index is 11.1. The molecule has 2 aromatic heterocycles. The number of ether oxygens (including phenoxy) is 1. The number of aromatic nitrogens is 2. The third kappa shape index (κ3) is 2.72. The van der Waals surface area contributed by atoms with E-state index in [1.807, 2.05) is 0 Å². The highest BCUT2D eigenvalue weighted by atomic mass is 79.9. The van der Waals surface area contributed by atoms with E-state index >= 15 is 0 Å². The van der Waals surface area contributed by atoms with Gasteiger partial charge in [0.1, 0.15) is 11.6 Å². The maximum absolute atomic E-state index is 11.1. The number of pyridine rings is 2. The molecule has 20 heavy (non-hydrogen) atoms. The van der Waals surface area contributed by atoms with E-state index in [9.17, 15) is 4.79 Å². The summed E-state index contributed by atoms with van der Waals surface area (Å²) in [4.78, 5) is 19.1. The number of anilines is 1. The van der Waals surface area contributed by atoms with Crippen molar-refractivity contribution in [3.05, 3.63) is 39.8 Å². The van der Waals surface area contributed by atoms with Crippen molar-refractivity contribution in [2.75, 3.05) is 5.73 Å². The molecular formula is C13H12BrN3O3. The Hall–Kier alpha value is -2.15. The number of aryl methyl sites for hydroxylation is 1. The van der Waals surface area contributed by atoms with Crippen molar-refractivity contribution in [1.29, 1.82) is 0 Å². The Morgan fingerprint density at radius 1 is 1.35 bits per heavy atom. The Bertz CT molecular complexity index is 689. The van der Waals surface area contributed by atoms with Crippen molar-refractivity contribution >= 4 is 27.7 Å². The van der Waals surface area contributed by atoms with E-state index in [1.165, 1.54) is 12.4 Å². The van der Waals surface area contributed by atoms with Gasteiger partial charge < -0.3 is 15.6 Å². The molecule has 0 aliphatic carbocycles. The molecule has 2 aromatic rings. The third-order valence-corrected chi connectivity index (χ3v) is 3.34. The zero-order valence-corrected chi connectivity index (χ0v) is 12.4. The van der Waals surface area contributed by atoms with Gasteiger partial charge in [0.05, 0.1) is 15.7 Å². The van der Waals surface area contributed by atoms with Crippen LogP contribution in [0.25, 0.3) is 0 Å². The summed E-state index contributed by atoms with van der Waals surface area (Å²) >= 11 is 3.30. The van der Waals surface area contributed by atoms with Gasteiger partial charge in [-0.05, 0) is 29.8 Å². The fourth-order valence-corrected chi connectivity index (χ4v) is 2.00. The molecule has 0 amide bonds. The summed E-state index contributed by atoms with van der Waals surface area (Å²) in [6, 6.07) is 1.55. The smallest absolute Gasteiger partial charge is 0.337 e. The van der Waals surface area contributed by atoms with Gasteiger partial charge in [0.15, 0.2) is 5.75 Å². The highest BCUT2D eigenvalue weighted by Gasteiger charge is 2.16. The molecular weight excluding hydrogens is 326 g/mol. The van der Waals surface area contributed by atoms with E-state index in [2.05, 4.69) is 25.9 Å². The van der Waals surface area contributed by atoms with Crippen molar-refractivity contribution in [1.82, 2.24) is 9.97 Å². The van der Waals surface area contributed by atoms with Gasteiger partial charge in [-0.3, -0.25) is 4.98 Å². The molecule has 0 saturated carbocycles. The Balaban J connectivity index is 2.50. The number of carbonyl (C=O) groups is 1. The number of nitrogens with zero attached hydrogens (tertiary/aromatic N) is 2. The van der Waals surface area contributed by atoms with Gasteiger partial charge in [-0.25, -0.2) is 9.78 Å². The molecule has 3 N–H and O–H groups in total. The van der Waals surface area contributed by atoms with Gasteiger partial charge in [-0.15, -0.1) is 0 Å². The Morgan fingerprint density at radius 3 is 2.70 bits per heavy atom. The van der Waals surface area contributed by atoms with Crippen molar-refractivity contribution in [2.24, 2.45) is 0 Å². The average molecular weight is 338 g/mol. The molecule has 0 saturated heterocycles. The van der Waals surface area contributed by atoms with E-state index in [0.29, 0.717) is 33.0 Å². The summed E-state index contributed by atoms with van der Waals surface area (Å²) in [5.74, 6) is 0.109. The average Bonchev–Trinajstić information content (AvgIpc) is 2.38. The first-order valence-electron chi connectivity index (χ1n) is 5.68. The van der Waals surface area contributed by atoms with Gasteiger partial charge in [0.25, 0.3) is 0 Å². The molecule has 0 spiro atoms. The van der Waals surface area contributed by atoms with Crippen molar-refractivity contribution < 1.29 is 14.6 Å². The van der Waals surface area contributed by atoms with Gasteiger partial charge in [-0.1, -0.05) is 0 Å². The van der Waals surface area contributed by atoms with Gasteiger partial charge in [0.2, 0.25) is 0 Å². The van der Waals surface area contributed by atoms with E-state index in [1.54, 1.807) is 19.9 Å². The van der Waals surface area contributed by atoms with Crippen LogP contribution in [0, 0.1) is 13.8 Å². The molecule has 0 radical (unpaired) electrons. The van der Waals surface area contributed by atoms with Crippen LogP contribution in [0.1, 0.15) is 21.6 Å². The van der Waals surface area contributed by atoms with Gasteiger partial charge >= 0.3 is 5.97 Å². The highest BCUT2D eigenvalue weighted by Crippen LogP contribution is 2.34. The molecule has 0 fully saturated rings. The van der Waals surface area contributed by atoms with Crippen LogP contribution in [0.2, 0.25) is 0 Å². The quantitative estimate of drug-likeness (QED) is 0.893. The number of rotatable bonds is 3. The first-order valence-corrected chi connectivity index (χ1v) is 6.47. The molecule has 0 aliphatic heterocycles. The zero-order chi connectivity index (χ0) is 14.9. The van der Waals surface area contributed by atoms with E-state index in [4.69, 9.17) is 15.6 Å². The summed E-state index contributed by atoms with van der Waals surface area (Å²) < 4.78 is 6.37. The number of hydrogen-bond donors (Lipinski definition) is 2. The topological polar surface area (TPSA) is 98.3 Å². The summed E-state index contributed by atoms with van der Waals surface area (Å²) in [5.41, 5.74) is 6.81. The number of nitrogen functional groups attached to an aromatic ring is 1. The number of halogens is 1. The zero-order valence-electron chi connectivity index (χ0n) is 10.8. The highest BCUT2D eigenvalue weighted by molar-refractivity contribution is 9.10. The summed E-state index contributed by atoms with van der Waals surface area (Å²) in [5, 5.41) is 9.11. The van der Waals surface area contributed by atoms with Crippen LogP contribution in [0.15, 0.2) is 22.9 Å². The van der Waals surface area contributed by atoms with Crippen LogP contribution in [-0.2, 0) is 0 Å². The monoisotopic (exact) mass is 337 g/mol. The van der Waals surface area contributed by atoms with Crippen molar-refractivity contribution in [3.8, 4) is 11.5 Å². The molecule has 0 aromatic carbocycles. The standard InChI is InChI=1S/C13H12BrN3O3/c1-6-8(13(18)19)4-16-7(2)12(6)20-10-3-11(15)17-5-9(10)14/h3-5H,1-2H3,(H2,15,17)(H,18,19). The van der Waals surface area contributed by atoms with E-state index in [-0.39, 0.29) is 5.56 Å². The van der Waals surface area contributed by atoms with Crippen LogP contribution in [0.4, 0.5) is 5.82 Å². The second kappa shape index (κ2) is 5.46. The first-order chi connectivity index (χ1) is 9.40. The fraction of sp³-hybridized carbons (Fsp3) is 0.154. The summed E-state index contributed by atoms with van der Waals surface area (Å²) in [6.07, 6.45) is 2.83. The summed E-state index contributed by atoms with van der Waals surface area (Å²) in [7, 11) is 0. The number of hydrogen-bond acceptors (Lipinski definition) is 5. The van der Waals surface area contributed by atoms with Crippen LogP contribution < -0.4 is 10.5 Å². The van der Waals surface area contributed by atoms with Crippen LogP contribution >= 0.6 is 15.9 Å². The largest absolute Gasteiger partial charge is 0.478 e. The third-order valence-electron chi connectivity index (χ3n) is 2.74. The van der Waals surface area contributed by atoms with Crippen molar-refractivity contribution in [3.63, 3.8) is 0 Å². The van der Waals surface area contributed by atoms with E-state index in [0.717, 1.165) is 0 Å². The van der Waals surface area contributed by atoms with Gasteiger partial charge in [0, 0.05) is 24.0 Å². The molecule has 7 heteroatoms. The Kier molecular flexibility index (Phi) is 3.89. The van der Waals surface area contributed by atoms with Crippen molar-refractivity contribution in [2.45, 2.75) is 13.8 Å². The summed E-state index contributed by atoms with van der Waals surface area (Å²) in [6.45, 7) is 3.42. The van der Waals surface area contributed by atoms with E-state index < -0.39 is 5.97 Å². The molecule has 104 valence electrons. The number of carboxylic acids is 1. The molecule has 0 aliphatic rings. The minimum absolute atomic E-state index is 0.101. The predicted octanol–water partition coefficient (Wildman–Crippen LogP) is 2.93. The molecule has 2 heterocycles. The minimum Gasteiger partial charge on any atom is -0.478 e. The Morgan fingerprint density at radius 2 is 2.05 bits per heavy atom. The second-order valence-electron chi connectivity index (χ2n) is 4.16. The molecule has 6 nitrogen and oxygen atoms in total. The lowest BCUT2D eigenvalue weighted by Gasteiger charge is -2.14. The van der Waals surface area contributed by atoms with Gasteiger partial charge in [-0.2, -0.15) is 0 Å². The molecule has 0 unspecified atom stereocenters. The SMILES string of the molecule is Cc1ncc(C(=O)O)c(C)c1Oc1cc(N)ncc1Br. The number of aromatic carboxylic acids is 1. The lowest BCUT2D eigenvalue weighted by Crippen LogP contribution is -2.05. The van der Waals surface area contributed by atoms with Crippen LogP contribution in [0.3, 0.4) is 0 Å². The normalized spacial score (nSPS) is 10.3. The van der Waals surface area contributed by atoms with Crippen LogP contribution in [-0.4, -0.2) is 21.0 Å². The Labute approximate surface area is 123 Å². The number of nitrogens with two attached hydrogens (primary N) is 1. The molecule has 0 atom stereocenters. The maximum Gasteiger partial charge on any atom is 0.337 e. The second-order valence-corrected chi connectivity index (χ2v) is 5.01.